The van der Waals surface area contributed by atoms with Gasteiger partial charge < -0.3 is 4.74 Å². The summed E-state index contributed by atoms with van der Waals surface area (Å²) in [5.74, 6) is -4.10. The zero-order valence-electron chi connectivity index (χ0n) is 10.6. The summed E-state index contributed by atoms with van der Waals surface area (Å²) in [5.41, 5.74) is -5.57. The number of ether oxygens (including phenoxy) is 1. The number of hydrogen-bond acceptors (Lipinski definition) is 5. The first-order valence-electron chi connectivity index (χ1n) is 5.81. The Balaban J connectivity index is 2.87. The molecule has 1 saturated carbocycles. The molecule has 0 bridgehead atoms. The third kappa shape index (κ3) is 3.62. The molecule has 116 valence electrons. The fourth-order valence-corrected chi connectivity index (χ4v) is 2.68. The molecular weight excluding hydrogens is 303 g/mol. The number of carbonyl (C=O) groups excluding carboxylic acids is 2. The number of sulfonamides is 1. The monoisotopic (exact) mass is 317 g/mol. The summed E-state index contributed by atoms with van der Waals surface area (Å²) in [6.45, 7) is 0. The van der Waals surface area contributed by atoms with E-state index in [4.69, 9.17) is 0 Å². The molecule has 20 heavy (non-hydrogen) atoms. The van der Waals surface area contributed by atoms with Crippen molar-refractivity contribution in [2.24, 2.45) is 11.8 Å². The molecule has 10 heteroatoms. The van der Waals surface area contributed by atoms with E-state index in [2.05, 4.69) is 4.74 Å². The average Bonchev–Trinajstić information content (AvgIpc) is 2.36. The second-order valence-electron chi connectivity index (χ2n) is 4.44. The number of amides is 1. The van der Waals surface area contributed by atoms with Crippen molar-refractivity contribution in [1.29, 1.82) is 0 Å². The molecule has 1 aliphatic carbocycles. The highest BCUT2D eigenvalue weighted by atomic mass is 32.2. The van der Waals surface area contributed by atoms with Crippen molar-refractivity contribution in [2.45, 2.75) is 31.2 Å². The summed E-state index contributed by atoms with van der Waals surface area (Å²) in [4.78, 5) is 23.2. The number of esters is 1. The summed E-state index contributed by atoms with van der Waals surface area (Å²) >= 11 is 0. The summed E-state index contributed by atoms with van der Waals surface area (Å²) in [5, 5.41) is 0. The molecule has 2 atom stereocenters. The molecule has 0 saturated heterocycles. The molecule has 1 aliphatic rings. The Morgan fingerprint density at radius 3 is 2.10 bits per heavy atom. The first kappa shape index (κ1) is 16.7. The third-order valence-corrected chi connectivity index (χ3v) is 4.23. The molecule has 0 heterocycles. The molecule has 1 fully saturated rings. The molecule has 0 radical (unpaired) electrons. The fourth-order valence-electron chi connectivity index (χ4n) is 2.14. The van der Waals surface area contributed by atoms with E-state index in [1.807, 2.05) is 0 Å². The molecule has 0 aromatic heterocycles. The molecule has 2 unspecified atom stereocenters. The summed E-state index contributed by atoms with van der Waals surface area (Å²) in [6, 6.07) is 0. The molecule has 1 N–H and O–H groups in total. The van der Waals surface area contributed by atoms with E-state index < -0.39 is 39.2 Å². The van der Waals surface area contributed by atoms with Gasteiger partial charge in [-0.25, -0.2) is 4.72 Å². The minimum absolute atomic E-state index is 0.138. The van der Waals surface area contributed by atoms with Crippen LogP contribution in [0.1, 0.15) is 25.7 Å². The molecule has 0 spiro atoms. The molecule has 0 aromatic rings. The van der Waals surface area contributed by atoms with Gasteiger partial charge in [0.15, 0.2) is 0 Å². The second-order valence-corrected chi connectivity index (χ2v) is 6.11. The van der Waals surface area contributed by atoms with E-state index in [0.717, 1.165) is 11.8 Å². The number of alkyl halides is 3. The minimum Gasteiger partial charge on any atom is -0.469 e. The van der Waals surface area contributed by atoms with E-state index in [1.165, 1.54) is 0 Å². The smallest absolute Gasteiger partial charge is 0.469 e. The Morgan fingerprint density at radius 1 is 1.15 bits per heavy atom. The first-order chi connectivity index (χ1) is 9.10. The fraction of sp³-hybridized carbons (Fsp3) is 0.800. The van der Waals surface area contributed by atoms with E-state index in [9.17, 15) is 31.2 Å². The van der Waals surface area contributed by atoms with Crippen LogP contribution in [0.5, 0.6) is 0 Å². The van der Waals surface area contributed by atoms with Crippen LogP contribution in [0.15, 0.2) is 0 Å². The lowest BCUT2D eigenvalue weighted by Gasteiger charge is -2.28. The summed E-state index contributed by atoms with van der Waals surface area (Å²) < 4.78 is 63.8. The van der Waals surface area contributed by atoms with Gasteiger partial charge in [0.1, 0.15) is 0 Å². The predicted molar refractivity (Wildman–Crippen MR) is 60.6 cm³/mol. The Hall–Kier alpha value is -1.32. The third-order valence-electron chi connectivity index (χ3n) is 3.15. The van der Waals surface area contributed by atoms with Gasteiger partial charge in [0.2, 0.25) is 5.91 Å². The zero-order chi connectivity index (χ0) is 15.6. The molecule has 0 aromatic carbocycles. The summed E-state index contributed by atoms with van der Waals surface area (Å²) in [7, 11) is -4.66. The van der Waals surface area contributed by atoms with E-state index in [-0.39, 0.29) is 12.8 Å². The van der Waals surface area contributed by atoms with Crippen molar-refractivity contribution < 1.29 is 35.9 Å². The zero-order valence-corrected chi connectivity index (χ0v) is 11.4. The lowest BCUT2D eigenvalue weighted by molar-refractivity contribution is -0.151. The lowest BCUT2D eigenvalue weighted by Crippen LogP contribution is -2.46. The maximum atomic E-state index is 12.2. The van der Waals surface area contributed by atoms with Gasteiger partial charge in [-0.15, -0.1) is 0 Å². The topological polar surface area (TPSA) is 89.5 Å². The van der Waals surface area contributed by atoms with E-state index in [0.29, 0.717) is 12.8 Å². The molecule has 1 rings (SSSR count). The van der Waals surface area contributed by atoms with Gasteiger partial charge in [0.05, 0.1) is 18.9 Å². The highest BCUT2D eigenvalue weighted by Gasteiger charge is 2.48. The van der Waals surface area contributed by atoms with Crippen LogP contribution in [-0.4, -0.2) is 32.9 Å². The highest BCUT2D eigenvalue weighted by Crippen LogP contribution is 2.32. The van der Waals surface area contributed by atoms with Crippen molar-refractivity contribution in [3.05, 3.63) is 0 Å². The van der Waals surface area contributed by atoms with Crippen LogP contribution >= 0.6 is 0 Å². The van der Waals surface area contributed by atoms with Gasteiger partial charge in [-0.1, -0.05) is 12.8 Å². The Kier molecular flexibility index (Phi) is 5.00. The van der Waals surface area contributed by atoms with Crippen molar-refractivity contribution in [3.63, 3.8) is 0 Å². The first-order valence-corrected chi connectivity index (χ1v) is 7.29. The number of rotatable bonds is 3. The second kappa shape index (κ2) is 5.98. The Labute approximate surface area is 113 Å². The largest absolute Gasteiger partial charge is 0.516 e. The van der Waals surface area contributed by atoms with Crippen molar-refractivity contribution in [1.82, 2.24) is 4.72 Å². The van der Waals surface area contributed by atoms with Gasteiger partial charge in [0, 0.05) is 0 Å². The van der Waals surface area contributed by atoms with Crippen molar-refractivity contribution in [3.8, 4) is 0 Å². The number of methoxy groups -OCH3 is 1. The number of carbonyl (C=O) groups is 2. The van der Waals surface area contributed by atoms with Crippen LogP contribution in [0.25, 0.3) is 0 Å². The van der Waals surface area contributed by atoms with Gasteiger partial charge >= 0.3 is 21.5 Å². The Bertz CT molecular complexity index is 488. The molecule has 0 aliphatic heterocycles. The molecule has 6 nitrogen and oxygen atoms in total. The SMILES string of the molecule is COC(=O)C1CCCCC1C(=O)NS(=O)(=O)C(F)(F)F. The summed E-state index contributed by atoms with van der Waals surface area (Å²) in [6.07, 6.45) is 1.56. The standard InChI is InChI=1S/C10H14F3NO5S/c1-19-9(16)7-5-3-2-4-6(7)8(15)14-20(17,18)10(11,12)13/h6-7H,2-5H2,1H3,(H,14,15). The highest BCUT2D eigenvalue weighted by molar-refractivity contribution is 7.90. The molecule has 1 amide bonds. The van der Waals surface area contributed by atoms with E-state index in [1.54, 1.807) is 0 Å². The predicted octanol–water partition coefficient (Wildman–Crippen LogP) is 0.932. The van der Waals surface area contributed by atoms with Crippen LogP contribution in [0.4, 0.5) is 13.2 Å². The number of nitrogens with one attached hydrogen (secondary N) is 1. The average molecular weight is 317 g/mol. The van der Waals surface area contributed by atoms with Gasteiger partial charge in [-0.3, -0.25) is 9.59 Å². The van der Waals surface area contributed by atoms with Crippen LogP contribution < -0.4 is 4.72 Å². The lowest BCUT2D eigenvalue weighted by atomic mass is 9.79. The van der Waals surface area contributed by atoms with E-state index >= 15 is 0 Å². The van der Waals surface area contributed by atoms with Gasteiger partial charge in [-0.05, 0) is 12.8 Å². The number of halogens is 3. The maximum Gasteiger partial charge on any atom is 0.516 e. The van der Waals surface area contributed by atoms with Gasteiger partial charge in [-0.2, -0.15) is 21.6 Å². The van der Waals surface area contributed by atoms with Crippen LogP contribution in [0, 0.1) is 11.8 Å². The molecular formula is C10H14F3NO5S. The Morgan fingerprint density at radius 2 is 1.65 bits per heavy atom. The van der Waals surface area contributed by atoms with Crippen molar-refractivity contribution in [2.75, 3.05) is 7.11 Å². The van der Waals surface area contributed by atoms with Gasteiger partial charge in [0.25, 0.3) is 0 Å². The van der Waals surface area contributed by atoms with Crippen LogP contribution in [-0.2, 0) is 24.3 Å². The minimum atomic E-state index is -5.75. The number of hydrogen-bond donors (Lipinski definition) is 1. The quantitative estimate of drug-likeness (QED) is 0.782. The van der Waals surface area contributed by atoms with Crippen molar-refractivity contribution >= 4 is 21.9 Å². The van der Waals surface area contributed by atoms with Crippen LogP contribution in [0.3, 0.4) is 0 Å². The maximum absolute atomic E-state index is 12.2. The van der Waals surface area contributed by atoms with Crippen LogP contribution in [0.2, 0.25) is 0 Å². The normalized spacial score (nSPS) is 24.0.